The molecule has 2 aromatic carbocycles. The number of nitrogens with zero attached hydrogens (tertiary/aromatic N) is 1. The average Bonchev–Trinajstić information content (AvgIpc) is 2.80. The van der Waals surface area contributed by atoms with Gasteiger partial charge in [-0.3, -0.25) is 24.6 Å². The molecule has 1 aliphatic heterocycles. The van der Waals surface area contributed by atoms with Gasteiger partial charge in [0.2, 0.25) is 0 Å². The quantitative estimate of drug-likeness (QED) is 0.217. The van der Waals surface area contributed by atoms with Crippen LogP contribution in [0.5, 0.6) is 11.5 Å². The summed E-state index contributed by atoms with van der Waals surface area (Å²) < 4.78 is 11.9. The molecule has 1 heterocycles. The highest BCUT2D eigenvalue weighted by Crippen LogP contribution is 2.37. The molecule has 3 amide bonds. The summed E-state index contributed by atoms with van der Waals surface area (Å²) in [4.78, 5) is 38.7. The molecule has 0 aromatic heterocycles. The zero-order chi connectivity index (χ0) is 24.7. The van der Waals surface area contributed by atoms with Crippen molar-refractivity contribution in [2.45, 2.75) is 6.92 Å². The summed E-state index contributed by atoms with van der Waals surface area (Å²) in [5, 5.41) is 5.27. The Morgan fingerprint density at radius 2 is 1.97 bits per heavy atom. The molecule has 2 N–H and O–H groups in total. The summed E-state index contributed by atoms with van der Waals surface area (Å²) in [5.74, 6) is -0.795. The Hall–Kier alpha value is -3.50. The van der Waals surface area contributed by atoms with Crippen molar-refractivity contribution in [3.8, 4) is 11.5 Å². The maximum atomic E-state index is 12.8. The molecule has 176 valence electrons. The van der Waals surface area contributed by atoms with E-state index in [2.05, 4.69) is 33.1 Å². The predicted molar refractivity (Wildman–Crippen MR) is 137 cm³/mol. The largest absolute Gasteiger partial charge is 0.490 e. The van der Waals surface area contributed by atoms with Crippen LogP contribution in [0.2, 0.25) is 0 Å². The molecular weight excluding hydrogens is 522 g/mol. The van der Waals surface area contributed by atoms with E-state index in [1.165, 1.54) is 17.1 Å². The lowest BCUT2D eigenvalue weighted by Crippen LogP contribution is -2.53. The second-order valence-electron chi connectivity index (χ2n) is 6.99. The number of halogens is 1. The zero-order valence-corrected chi connectivity index (χ0v) is 20.7. The van der Waals surface area contributed by atoms with E-state index in [1.54, 1.807) is 31.2 Å². The summed E-state index contributed by atoms with van der Waals surface area (Å²) in [5.41, 5.74) is 1.09. The third kappa shape index (κ3) is 6.09. The highest BCUT2D eigenvalue weighted by molar-refractivity contribution is 9.10. The molecule has 0 bridgehead atoms. The average molecular weight is 544 g/mol. The van der Waals surface area contributed by atoms with E-state index in [0.717, 1.165) is 0 Å². The van der Waals surface area contributed by atoms with Crippen molar-refractivity contribution >= 4 is 62.7 Å². The predicted octanol–water partition coefficient (Wildman–Crippen LogP) is 3.68. The van der Waals surface area contributed by atoms with Crippen molar-refractivity contribution in [2.24, 2.45) is 0 Å². The first-order valence-electron chi connectivity index (χ1n) is 10.3. The van der Waals surface area contributed by atoms with Gasteiger partial charge < -0.3 is 14.8 Å². The number of rotatable bonds is 9. The molecule has 1 aliphatic rings. The fourth-order valence-electron chi connectivity index (χ4n) is 3.09. The van der Waals surface area contributed by atoms with Crippen LogP contribution in [0.4, 0.5) is 5.69 Å². The molecular formula is C24H22BrN3O5S. The minimum absolute atomic E-state index is 0.0285. The molecule has 0 spiro atoms. The molecule has 0 atom stereocenters. The molecule has 0 radical (unpaired) electrons. The van der Waals surface area contributed by atoms with Crippen LogP contribution in [0.1, 0.15) is 12.5 Å². The highest BCUT2D eigenvalue weighted by Gasteiger charge is 2.32. The number of ether oxygens (including phenoxy) is 2. The normalized spacial score (nSPS) is 14.6. The summed E-state index contributed by atoms with van der Waals surface area (Å²) >= 11 is 8.50. The van der Waals surface area contributed by atoms with Crippen molar-refractivity contribution in [3.63, 3.8) is 0 Å². The molecule has 34 heavy (non-hydrogen) atoms. The van der Waals surface area contributed by atoms with Crippen molar-refractivity contribution in [1.82, 2.24) is 10.2 Å². The van der Waals surface area contributed by atoms with Crippen LogP contribution < -0.4 is 20.1 Å². The Bertz CT molecular complexity index is 1170. The Morgan fingerprint density at radius 3 is 2.65 bits per heavy atom. The number of anilines is 1. The molecule has 1 fully saturated rings. The number of thiocarbonyl (C=S) groups is 1. The van der Waals surface area contributed by atoms with E-state index in [9.17, 15) is 14.4 Å². The van der Waals surface area contributed by atoms with Crippen LogP contribution in [0.15, 0.2) is 65.2 Å². The molecule has 8 nitrogen and oxygen atoms in total. The Kier molecular flexibility index (Phi) is 8.55. The van der Waals surface area contributed by atoms with E-state index in [4.69, 9.17) is 21.7 Å². The Labute approximate surface area is 210 Å². The van der Waals surface area contributed by atoms with Crippen LogP contribution in [0.3, 0.4) is 0 Å². The van der Waals surface area contributed by atoms with Crippen LogP contribution in [-0.4, -0.2) is 47.5 Å². The fraction of sp³-hybridized carbons (Fsp3) is 0.167. The number of para-hydroxylation sites is 1. The SMILES string of the molecule is C=CCN1C(=O)/C(=C/c2cc(Br)c(OCC(=O)Nc3ccccc3)c(OCC)c2)C(=O)NC1=S. The Morgan fingerprint density at radius 1 is 1.24 bits per heavy atom. The first-order valence-corrected chi connectivity index (χ1v) is 11.5. The lowest BCUT2D eigenvalue weighted by atomic mass is 10.1. The maximum absolute atomic E-state index is 12.8. The van der Waals surface area contributed by atoms with Crippen molar-refractivity contribution < 1.29 is 23.9 Å². The van der Waals surface area contributed by atoms with Gasteiger partial charge in [-0.1, -0.05) is 24.3 Å². The third-order valence-electron chi connectivity index (χ3n) is 4.55. The van der Waals surface area contributed by atoms with Crippen molar-refractivity contribution in [1.29, 1.82) is 0 Å². The fourth-order valence-corrected chi connectivity index (χ4v) is 3.91. The standard InChI is InChI=1S/C24H22BrN3O5S/c1-3-10-28-23(31)17(22(30)27-24(28)34)11-15-12-18(25)21(19(13-15)32-4-2)33-14-20(29)26-16-8-6-5-7-9-16/h3,5-9,11-13H,1,4,10,14H2,2H3,(H,26,29)(H,27,30,34)/b17-11+. The van der Waals surface area contributed by atoms with Crippen LogP contribution >= 0.6 is 28.1 Å². The van der Waals surface area contributed by atoms with E-state index >= 15 is 0 Å². The lowest BCUT2D eigenvalue weighted by molar-refractivity contribution is -0.128. The molecule has 0 aliphatic carbocycles. The van der Waals surface area contributed by atoms with Crippen LogP contribution in [0, 0.1) is 0 Å². The van der Waals surface area contributed by atoms with E-state index in [-0.39, 0.29) is 29.7 Å². The molecule has 2 aromatic rings. The van der Waals surface area contributed by atoms with Crippen molar-refractivity contribution in [2.75, 3.05) is 25.1 Å². The molecule has 0 unspecified atom stereocenters. The second-order valence-corrected chi connectivity index (χ2v) is 8.23. The van der Waals surface area contributed by atoms with E-state index in [1.807, 2.05) is 18.2 Å². The first-order chi connectivity index (χ1) is 16.3. The monoisotopic (exact) mass is 543 g/mol. The van der Waals surface area contributed by atoms with Gasteiger partial charge in [0.05, 0.1) is 11.1 Å². The van der Waals surface area contributed by atoms with Gasteiger partial charge in [-0.2, -0.15) is 0 Å². The second kappa shape index (κ2) is 11.6. The van der Waals surface area contributed by atoms with Gasteiger partial charge in [0.25, 0.3) is 17.7 Å². The molecule has 1 saturated heterocycles. The summed E-state index contributed by atoms with van der Waals surface area (Å²) in [7, 11) is 0. The minimum Gasteiger partial charge on any atom is -0.490 e. The summed E-state index contributed by atoms with van der Waals surface area (Å²) in [6.45, 7) is 5.66. The number of carbonyl (C=O) groups excluding carboxylic acids is 3. The number of benzene rings is 2. The van der Waals surface area contributed by atoms with Gasteiger partial charge in [0, 0.05) is 12.2 Å². The van der Waals surface area contributed by atoms with Gasteiger partial charge in [-0.15, -0.1) is 6.58 Å². The smallest absolute Gasteiger partial charge is 0.265 e. The lowest BCUT2D eigenvalue weighted by Gasteiger charge is -2.27. The number of amides is 3. The van der Waals surface area contributed by atoms with E-state index in [0.29, 0.717) is 33.8 Å². The molecule has 3 rings (SSSR count). The summed E-state index contributed by atoms with van der Waals surface area (Å²) in [6.07, 6.45) is 2.96. The maximum Gasteiger partial charge on any atom is 0.265 e. The highest BCUT2D eigenvalue weighted by atomic mass is 79.9. The Balaban J connectivity index is 1.83. The van der Waals surface area contributed by atoms with Crippen molar-refractivity contribution in [3.05, 3.63) is 70.7 Å². The van der Waals surface area contributed by atoms with E-state index < -0.39 is 11.8 Å². The number of hydrogen-bond donors (Lipinski definition) is 2. The number of carbonyl (C=O) groups is 3. The topological polar surface area (TPSA) is 97.0 Å². The third-order valence-corrected chi connectivity index (χ3v) is 5.46. The minimum atomic E-state index is -0.595. The number of nitrogens with one attached hydrogen (secondary N) is 2. The number of hydrogen-bond acceptors (Lipinski definition) is 6. The molecule has 10 heteroatoms. The van der Waals surface area contributed by atoms with Gasteiger partial charge in [-0.25, -0.2) is 0 Å². The summed E-state index contributed by atoms with van der Waals surface area (Å²) in [6, 6.07) is 12.3. The molecule has 0 saturated carbocycles. The van der Waals surface area contributed by atoms with Gasteiger partial charge in [0.15, 0.2) is 23.2 Å². The van der Waals surface area contributed by atoms with Gasteiger partial charge in [-0.05, 0) is 71.0 Å². The first kappa shape index (κ1) is 25.1. The van der Waals surface area contributed by atoms with Gasteiger partial charge >= 0.3 is 0 Å². The zero-order valence-electron chi connectivity index (χ0n) is 18.3. The van der Waals surface area contributed by atoms with Gasteiger partial charge in [0.1, 0.15) is 5.57 Å². The van der Waals surface area contributed by atoms with Crippen LogP contribution in [0.25, 0.3) is 6.08 Å². The van der Waals surface area contributed by atoms with Crippen LogP contribution in [-0.2, 0) is 14.4 Å².